The smallest absolute Gasteiger partial charge is 0.317 e. The molecule has 2 heterocycles. The third-order valence-corrected chi connectivity index (χ3v) is 3.55. The molecule has 0 spiro atoms. The van der Waals surface area contributed by atoms with Crippen LogP contribution in [0.3, 0.4) is 0 Å². The summed E-state index contributed by atoms with van der Waals surface area (Å²) in [7, 11) is 0. The highest BCUT2D eigenvalue weighted by atomic mass is 16.4. The van der Waals surface area contributed by atoms with Gasteiger partial charge in [0.2, 0.25) is 11.8 Å². The van der Waals surface area contributed by atoms with E-state index in [0.29, 0.717) is 39.0 Å². The molecule has 0 saturated carbocycles. The predicted molar refractivity (Wildman–Crippen MR) is 66.4 cm³/mol. The van der Waals surface area contributed by atoms with Gasteiger partial charge >= 0.3 is 5.97 Å². The Bertz CT molecular complexity index is 385. The van der Waals surface area contributed by atoms with Crippen LogP contribution in [-0.2, 0) is 14.4 Å². The Labute approximate surface area is 111 Å². The summed E-state index contributed by atoms with van der Waals surface area (Å²) >= 11 is 0. The van der Waals surface area contributed by atoms with Crippen LogP contribution >= 0.6 is 0 Å². The maximum Gasteiger partial charge on any atom is 0.317 e. The molecular weight excluding hydrogens is 250 g/mol. The van der Waals surface area contributed by atoms with E-state index in [1.165, 1.54) is 0 Å². The minimum atomic E-state index is -0.845. The molecule has 7 nitrogen and oxygen atoms in total. The minimum absolute atomic E-state index is 0.0161. The number of amides is 2. The van der Waals surface area contributed by atoms with E-state index in [4.69, 9.17) is 5.11 Å². The first-order valence-corrected chi connectivity index (χ1v) is 6.58. The SMILES string of the molecule is O=C(O)CN1CCCN(C(=O)[C@H]2CCC(=O)N2)CC1. The number of hydrogen-bond acceptors (Lipinski definition) is 4. The second-order valence-corrected chi connectivity index (χ2v) is 5.01. The molecule has 2 aliphatic rings. The third kappa shape index (κ3) is 3.66. The number of nitrogens with one attached hydrogen (secondary N) is 1. The molecule has 0 aromatic rings. The molecule has 2 fully saturated rings. The maximum atomic E-state index is 12.2. The molecule has 2 rings (SSSR count). The molecule has 19 heavy (non-hydrogen) atoms. The Morgan fingerprint density at radius 3 is 2.68 bits per heavy atom. The number of aliphatic carboxylic acids is 1. The van der Waals surface area contributed by atoms with Crippen molar-refractivity contribution in [2.24, 2.45) is 0 Å². The maximum absolute atomic E-state index is 12.2. The Kier molecular flexibility index (Phi) is 4.36. The van der Waals surface area contributed by atoms with Gasteiger partial charge in [-0.15, -0.1) is 0 Å². The van der Waals surface area contributed by atoms with Crippen LogP contribution < -0.4 is 5.32 Å². The van der Waals surface area contributed by atoms with E-state index >= 15 is 0 Å². The van der Waals surface area contributed by atoms with Gasteiger partial charge in [-0.05, 0) is 12.8 Å². The van der Waals surface area contributed by atoms with Crippen molar-refractivity contribution in [3.63, 3.8) is 0 Å². The van der Waals surface area contributed by atoms with Gasteiger partial charge in [0.25, 0.3) is 0 Å². The summed E-state index contributed by atoms with van der Waals surface area (Å²) in [5.41, 5.74) is 0. The fraction of sp³-hybridized carbons (Fsp3) is 0.750. The lowest BCUT2D eigenvalue weighted by molar-refractivity contribution is -0.138. The highest BCUT2D eigenvalue weighted by Gasteiger charge is 2.31. The number of carboxylic acid groups (broad SMARTS) is 1. The normalized spacial score (nSPS) is 24.9. The van der Waals surface area contributed by atoms with Crippen LogP contribution in [0.1, 0.15) is 19.3 Å². The van der Waals surface area contributed by atoms with Crippen molar-refractivity contribution in [3.05, 3.63) is 0 Å². The topological polar surface area (TPSA) is 90.0 Å². The van der Waals surface area contributed by atoms with Gasteiger partial charge in [-0.3, -0.25) is 19.3 Å². The standard InChI is InChI=1S/C12H19N3O4/c16-10-3-2-9(13-10)12(19)15-5-1-4-14(6-7-15)8-11(17)18/h9H,1-8H2,(H,13,16)(H,17,18)/t9-/m1/s1. The van der Waals surface area contributed by atoms with Gasteiger partial charge in [-0.1, -0.05) is 0 Å². The van der Waals surface area contributed by atoms with E-state index in [9.17, 15) is 14.4 Å². The van der Waals surface area contributed by atoms with E-state index in [2.05, 4.69) is 5.32 Å². The number of carbonyl (C=O) groups excluding carboxylic acids is 2. The first-order chi connectivity index (χ1) is 9.06. The largest absolute Gasteiger partial charge is 0.480 e. The van der Waals surface area contributed by atoms with Crippen molar-refractivity contribution in [2.45, 2.75) is 25.3 Å². The molecule has 0 aromatic carbocycles. The van der Waals surface area contributed by atoms with Crippen LogP contribution in [0.4, 0.5) is 0 Å². The van der Waals surface area contributed by atoms with Crippen molar-refractivity contribution in [1.82, 2.24) is 15.1 Å². The van der Waals surface area contributed by atoms with Crippen molar-refractivity contribution < 1.29 is 19.5 Å². The van der Waals surface area contributed by atoms with Gasteiger partial charge in [-0.2, -0.15) is 0 Å². The zero-order valence-corrected chi connectivity index (χ0v) is 10.8. The zero-order chi connectivity index (χ0) is 13.8. The molecule has 2 aliphatic heterocycles. The second-order valence-electron chi connectivity index (χ2n) is 5.01. The predicted octanol–water partition coefficient (Wildman–Crippen LogP) is -1.12. The number of carboxylic acids is 1. The summed E-state index contributed by atoms with van der Waals surface area (Å²) in [5, 5.41) is 11.4. The van der Waals surface area contributed by atoms with Crippen molar-refractivity contribution in [2.75, 3.05) is 32.7 Å². The van der Waals surface area contributed by atoms with Crippen molar-refractivity contribution in [3.8, 4) is 0 Å². The Hall–Kier alpha value is -1.63. The second kappa shape index (κ2) is 6.01. The fourth-order valence-electron chi connectivity index (χ4n) is 2.56. The van der Waals surface area contributed by atoms with Gasteiger partial charge in [0.1, 0.15) is 6.04 Å². The van der Waals surface area contributed by atoms with Crippen LogP contribution in [0.2, 0.25) is 0 Å². The monoisotopic (exact) mass is 269 g/mol. The fourth-order valence-corrected chi connectivity index (χ4v) is 2.56. The average molecular weight is 269 g/mol. The molecule has 0 radical (unpaired) electrons. The number of nitrogens with zero attached hydrogens (tertiary/aromatic N) is 2. The summed E-state index contributed by atoms with van der Waals surface area (Å²) in [6.07, 6.45) is 1.74. The summed E-state index contributed by atoms with van der Waals surface area (Å²) < 4.78 is 0. The van der Waals surface area contributed by atoms with Gasteiger partial charge in [0, 0.05) is 32.6 Å². The average Bonchev–Trinajstić information content (AvgIpc) is 2.65. The van der Waals surface area contributed by atoms with Crippen LogP contribution in [0.25, 0.3) is 0 Å². The van der Waals surface area contributed by atoms with E-state index in [1.807, 2.05) is 4.90 Å². The molecule has 0 bridgehead atoms. The van der Waals surface area contributed by atoms with Gasteiger partial charge in [0.05, 0.1) is 6.54 Å². The van der Waals surface area contributed by atoms with Crippen molar-refractivity contribution in [1.29, 1.82) is 0 Å². The molecule has 0 aliphatic carbocycles. The lowest BCUT2D eigenvalue weighted by atomic mass is 10.2. The number of rotatable bonds is 3. The molecule has 2 N–H and O–H groups in total. The van der Waals surface area contributed by atoms with Gasteiger partial charge in [0.15, 0.2) is 0 Å². The first kappa shape index (κ1) is 13.8. The zero-order valence-electron chi connectivity index (χ0n) is 10.8. The molecular formula is C12H19N3O4. The van der Waals surface area contributed by atoms with Crippen LogP contribution in [-0.4, -0.2) is 71.5 Å². The van der Waals surface area contributed by atoms with Crippen LogP contribution in [0.15, 0.2) is 0 Å². The molecule has 1 atom stereocenters. The molecule has 7 heteroatoms. The summed E-state index contributed by atoms with van der Waals surface area (Å²) in [5.74, 6) is -0.952. The van der Waals surface area contributed by atoms with Crippen LogP contribution in [0, 0.1) is 0 Å². The summed E-state index contributed by atoms with van der Waals surface area (Å²) in [6, 6.07) is -0.390. The quantitative estimate of drug-likeness (QED) is 0.677. The highest BCUT2D eigenvalue weighted by Crippen LogP contribution is 2.12. The third-order valence-electron chi connectivity index (χ3n) is 3.55. The highest BCUT2D eigenvalue weighted by molar-refractivity contribution is 5.90. The summed E-state index contributed by atoms with van der Waals surface area (Å²) in [6.45, 7) is 2.42. The lowest BCUT2D eigenvalue weighted by Crippen LogP contribution is -2.46. The van der Waals surface area contributed by atoms with E-state index in [1.54, 1.807) is 4.90 Å². The van der Waals surface area contributed by atoms with E-state index in [-0.39, 0.29) is 18.4 Å². The van der Waals surface area contributed by atoms with Crippen molar-refractivity contribution >= 4 is 17.8 Å². The first-order valence-electron chi connectivity index (χ1n) is 6.58. The number of hydrogen-bond donors (Lipinski definition) is 2. The molecule has 0 aromatic heterocycles. The number of carbonyl (C=O) groups is 3. The molecule has 106 valence electrons. The van der Waals surface area contributed by atoms with Gasteiger partial charge in [-0.25, -0.2) is 0 Å². The van der Waals surface area contributed by atoms with E-state index < -0.39 is 12.0 Å². The Balaban J connectivity index is 1.86. The molecule has 0 unspecified atom stereocenters. The Morgan fingerprint density at radius 1 is 1.26 bits per heavy atom. The Morgan fingerprint density at radius 2 is 2.05 bits per heavy atom. The molecule has 2 amide bonds. The lowest BCUT2D eigenvalue weighted by Gasteiger charge is -2.24. The van der Waals surface area contributed by atoms with E-state index in [0.717, 1.165) is 6.42 Å². The van der Waals surface area contributed by atoms with Crippen LogP contribution in [0.5, 0.6) is 0 Å². The minimum Gasteiger partial charge on any atom is -0.480 e. The summed E-state index contributed by atoms with van der Waals surface area (Å²) in [4.78, 5) is 37.6. The van der Waals surface area contributed by atoms with Gasteiger partial charge < -0.3 is 15.3 Å². The molecule has 2 saturated heterocycles.